The number of methoxy groups -OCH3 is 1. The normalized spacial score (nSPS) is 20.4. The van der Waals surface area contributed by atoms with E-state index in [2.05, 4.69) is 5.32 Å². The quantitative estimate of drug-likeness (QED) is 0.809. The summed E-state index contributed by atoms with van der Waals surface area (Å²) in [6, 6.07) is 0.255. The average Bonchev–Trinajstić information content (AvgIpc) is 2.35. The van der Waals surface area contributed by atoms with Crippen LogP contribution < -0.4 is 10.1 Å². The Kier molecular flexibility index (Phi) is 3.57. The van der Waals surface area contributed by atoms with Crippen LogP contribution in [-0.4, -0.2) is 13.7 Å². The van der Waals surface area contributed by atoms with Crippen molar-refractivity contribution >= 4 is 0 Å². The molecule has 1 aromatic rings. The highest BCUT2D eigenvalue weighted by atomic mass is 19.2. The van der Waals surface area contributed by atoms with Crippen LogP contribution in [0.5, 0.6) is 5.75 Å². The highest BCUT2D eigenvalue weighted by Gasteiger charge is 2.27. The summed E-state index contributed by atoms with van der Waals surface area (Å²) in [4.78, 5) is 0. The Balaban J connectivity index is 2.46. The predicted molar refractivity (Wildman–Crippen MR) is 57.5 cm³/mol. The molecule has 1 N–H and O–H groups in total. The number of benzene rings is 1. The van der Waals surface area contributed by atoms with Crippen molar-refractivity contribution in [3.63, 3.8) is 0 Å². The Morgan fingerprint density at radius 2 is 2.00 bits per heavy atom. The van der Waals surface area contributed by atoms with Gasteiger partial charge in [-0.15, -0.1) is 0 Å². The number of hydrogen-bond donors (Lipinski definition) is 1. The zero-order valence-corrected chi connectivity index (χ0v) is 9.53. The van der Waals surface area contributed by atoms with Gasteiger partial charge in [0.1, 0.15) is 0 Å². The second-order valence-corrected chi connectivity index (χ2v) is 4.10. The number of halogens is 3. The minimum absolute atomic E-state index is 0.249. The Bertz CT molecular complexity index is 417. The standard InChI is InChI=1S/C12H14F3NO/c1-17-9-6-7(13)11(14)10(12(9)15)8-4-2-3-5-16-8/h6,8,16H,2-5H2,1H3. The third kappa shape index (κ3) is 2.24. The molecule has 0 bridgehead atoms. The third-order valence-corrected chi connectivity index (χ3v) is 3.04. The van der Waals surface area contributed by atoms with E-state index in [1.165, 1.54) is 7.11 Å². The van der Waals surface area contributed by atoms with Gasteiger partial charge in [-0.3, -0.25) is 0 Å². The van der Waals surface area contributed by atoms with Crippen LogP contribution in [-0.2, 0) is 0 Å². The maximum atomic E-state index is 13.9. The van der Waals surface area contributed by atoms with Gasteiger partial charge in [-0.2, -0.15) is 0 Å². The molecule has 2 nitrogen and oxygen atoms in total. The van der Waals surface area contributed by atoms with Crippen LogP contribution >= 0.6 is 0 Å². The third-order valence-electron chi connectivity index (χ3n) is 3.04. The molecule has 0 radical (unpaired) electrons. The topological polar surface area (TPSA) is 21.3 Å². The molecule has 2 rings (SSSR count). The fourth-order valence-corrected chi connectivity index (χ4v) is 2.15. The largest absolute Gasteiger partial charge is 0.494 e. The van der Waals surface area contributed by atoms with Crippen LogP contribution in [0.25, 0.3) is 0 Å². The first-order valence-corrected chi connectivity index (χ1v) is 5.60. The van der Waals surface area contributed by atoms with Gasteiger partial charge in [0.25, 0.3) is 0 Å². The van der Waals surface area contributed by atoms with Crippen molar-refractivity contribution in [2.45, 2.75) is 25.3 Å². The molecule has 1 atom stereocenters. The van der Waals surface area contributed by atoms with Crippen LogP contribution in [0.3, 0.4) is 0 Å². The fourth-order valence-electron chi connectivity index (χ4n) is 2.15. The second kappa shape index (κ2) is 4.96. The Morgan fingerprint density at radius 1 is 1.24 bits per heavy atom. The number of rotatable bonds is 2. The zero-order chi connectivity index (χ0) is 12.4. The minimum Gasteiger partial charge on any atom is -0.494 e. The average molecular weight is 245 g/mol. The van der Waals surface area contributed by atoms with Gasteiger partial charge in [-0.1, -0.05) is 6.42 Å². The van der Waals surface area contributed by atoms with E-state index < -0.39 is 23.5 Å². The van der Waals surface area contributed by atoms with Gasteiger partial charge in [0.05, 0.1) is 7.11 Å². The van der Waals surface area contributed by atoms with Gasteiger partial charge < -0.3 is 10.1 Å². The van der Waals surface area contributed by atoms with E-state index in [1.807, 2.05) is 0 Å². The lowest BCUT2D eigenvalue weighted by Crippen LogP contribution is -2.28. The molecule has 94 valence electrons. The van der Waals surface area contributed by atoms with Crippen molar-refractivity contribution in [3.05, 3.63) is 29.1 Å². The van der Waals surface area contributed by atoms with Gasteiger partial charge in [0, 0.05) is 17.7 Å². The van der Waals surface area contributed by atoms with Crippen LogP contribution in [0.4, 0.5) is 13.2 Å². The SMILES string of the molecule is COc1cc(F)c(F)c(C2CCCCN2)c1F. The molecule has 1 fully saturated rings. The molecule has 1 saturated heterocycles. The van der Waals surface area contributed by atoms with E-state index >= 15 is 0 Å². The van der Waals surface area contributed by atoms with Crippen LogP contribution in [0.2, 0.25) is 0 Å². The van der Waals surface area contributed by atoms with Crippen molar-refractivity contribution in [2.24, 2.45) is 0 Å². The van der Waals surface area contributed by atoms with E-state index in [-0.39, 0.29) is 11.3 Å². The smallest absolute Gasteiger partial charge is 0.172 e. The summed E-state index contributed by atoms with van der Waals surface area (Å²) in [5, 5.41) is 2.99. The monoisotopic (exact) mass is 245 g/mol. The molecule has 5 heteroatoms. The number of hydrogen-bond acceptors (Lipinski definition) is 2. The number of nitrogens with one attached hydrogen (secondary N) is 1. The molecule has 17 heavy (non-hydrogen) atoms. The van der Waals surface area contributed by atoms with E-state index in [0.29, 0.717) is 13.0 Å². The van der Waals surface area contributed by atoms with Crippen LogP contribution in [0, 0.1) is 17.5 Å². The van der Waals surface area contributed by atoms with Crippen molar-refractivity contribution in [1.82, 2.24) is 5.32 Å². The fraction of sp³-hybridized carbons (Fsp3) is 0.500. The van der Waals surface area contributed by atoms with Gasteiger partial charge in [0.15, 0.2) is 23.2 Å². The zero-order valence-electron chi connectivity index (χ0n) is 9.53. The van der Waals surface area contributed by atoms with E-state index in [9.17, 15) is 13.2 Å². The molecule has 0 amide bonds. The summed E-state index contributed by atoms with van der Waals surface area (Å²) in [6.07, 6.45) is 2.43. The van der Waals surface area contributed by atoms with Gasteiger partial charge in [0.2, 0.25) is 0 Å². The second-order valence-electron chi connectivity index (χ2n) is 4.10. The highest BCUT2D eigenvalue weighted by Crippen LogP contribution is 2.33. The van der Waals surface area contributed by atoms with Crippen molar-refractivity contribution < 1.29 is 17.9 Å². The van der Waals surface area contributed by atoms with Gasteiger partial charge >= 0.3 is 0 Å². The number of piperidine rings is 1. The maximum absolute atomic E-state index is 13.9. The summed E-state index contributed by atoms with van der Waals surface area (Å²) in [7, 11) is 1.23. The molecule has 1 unspecified atom stereocenters. The molecule has 1 aliphatic rings. The summed E-state index contributed by atoms with van der Waals surface area (Å²) in [6.45, 7) is 0.683. The Labute approximate surface area is 97.8 Å². The van der Waals surface area contributed by atoms with E-state index in [0.717, 1.165) is 18.9 Å². The van der Waals surface area contributed by atoms with E-state index in [4.69, 9.17) is 4.74 Å². The summed E-state index contributed by atoms with van der Waals surface area (Å²) < 4.78 is 45.6. The lowest BCUT2D eigenvalue weighted by Gasteiger charge is -2.25. The number of ether oxygens (including phenoxy) is 1. The molecule has 0 aliphatic carbocycles. The molecule has 0 saturated carbocycles. The Hall–Kier alpha value is -1.23. The van der Waals surface area contributed by atoms with Crippen LogP contribution in [0.1, 0.15) is 30.9 Å². The van der Waals surface area contributed by atoms with Crippen molar-refractivity contribution in [1.29, 1.82) is 0 Å². The first kappa shape index (κ1) is 12.2. The van der Waals surface area contributed by atoms with Gasteiger partial charge in [-0.25, -0.2) is 13.2 Å². The first-order valence-electron chi connectivity index (χ1n) is 5.60. The lowest BCUT2D eigenvalue weighted by molar-refractivity contribution is 0.345. The Morgan fingerprint density at radius 3 is 2.59 bits per heavy atom. The molecular formula is C12H14F3NO. The summed E-state index contributed by atoms with van der Waals surface area (Å²) >= 11 is 0. The van der Waals surface area contributed by atoms with Crippen LogP contribution in [0.15, 0.2) is 6.07 Å². The lowest BCUT2D eigenvalue weighted by atomic mass is 9.96. The van der Waals surface area contributed by atoms with E-state index in [1.54, 1.807) is 0 Å². The molecule has 1 heterocycles. The molecule has 0 spiro atoms. The highest BCUT2D eigenvalue weighted by molar-refractivity contribution is 5.35. The molecule has 1 aliphatic heterocycles. The first-order chi connectivity index (χ1) is 8.15. The molecule has 0 aromatic heterocycles. The molecular weight excluding hydrogens is 231 g/mol. The minimum atomic E-state index is -1.12. The maximum Gasteiger partial charge on any atom is 0.172 e. The predicted octanol–water partition coefficient (Wildman–Crippen LogP) is 2.93. The summed E-state index contributed by atoms with van der Waals surface area (Å²) in [5.74, 6) is -3.27. The van der Waals surface area contributed by atoms with Gasteiger partial charge in [-0.05, 0) is 19.4 Å². The van der Waals surface area contributed by atoms with Crippen molar-refractivity contribution in [2.75, 3.05) is 13.7 Å². The van der Waals surface area contributed by atoms with Crippen molar-refractivity contribution in [3.8, 4) is 5.75 Å². The summed E-state index contributed by atoms with van der Waals surface area (Å²) in [5.41, 5.74) is -0.249. The molecule has 1 aromatic carbocycles.